The molecule has 2 heterocycles. The lowest BCUT2D eigenvalue weighted by molar-refractivity contribution is 0.483. The second-order valence-electron chi connectivity index (χ2n) is 4.62. The van der Waals surface area contributed by atoms with Crippen LogP contribution in [0.1, 0.15) is 0 Å². The van der Waals surface area contributed by atoms with E-state index in [1.807, 2.05) is 48.5 Å². The predicted molar refractivity (Wildman–Crippen MR) is 79.3 cm³/mol. The van der Waals surface area contributed by atoms with Gasteiger partial charge >= 0.3 is 0 Å². The van der Waals surface area contributed by atoms with Crippen LogP contribution >= 0.6 is 0 Å². The van der Waals surface area contributed by atoms with Crippen LogP contribution in [-0.2, 0) is 0 Å². The number of benzene rings is 2. The van der Waals surface area contributed by atoms with Crippen molar-refractivity contribution in [1.82, 2.24) is 41.2 Å². The van der Waals surface area contributed by atoms with E-state index in [9.17, 15) is 0 Å². The van der Waals surface area contributed by atoms with Crippen molar-refractivity contribution >= 4 is 0 Å². The van der Waals surface area contributed by atoms with Crippen molar-refractivity contribution in [2.24, 2.45) is 0 Å². The molecule has 0 aliphatic heterocycles. The largest absolute Gasteiger partial charge is 0.457 e. The van der Waals surface area contributed by atoms with E-state index in [1.165, 1.54) is 0 Å². The highest BCUT2D eigenvalue weighted by Crippen LogP contribution is 2.25. The lowest BCUT2D eigenvalue weighted by Crippen LogP contribution is -1.86. The number of H-pyrrole nitrogens is 2. The van der Waals surface area contributed by atoms with Gasteiger partial charge in [0, 0.05) is 11.1 Å². The van der Waals surface area contributed by atoms with Gasteiger partial charge in [0.25, 0.3) is 0 Å². The molecule has 0 atom stereocenters. The SMILES string of the molecule is c1cc(-c2nn[nH]n2)ccc1Oc1ccc(-c2nn[nH]n2)cc1. The Hall–Kier alpha value is -3.62. The number of nitrogens with one attached hydrogen (secondary N) is 2. The maximum absolute atomic E-state index is 5.79. The predicted octanol–water partition coefficient (Wildman–Crippen LogP) is 1.84. The smallest absolute Gasteiger partial charge is 0.204 e. The van der Waals surface area contributed by atoms with Crippen LogP contribution in [0.25, 0.3) is 22.8 Å². The summed E-state index contributed by atoms with van der Waals surface area (Å²) < 4.78 is 5.79. The first kappa shape index (κ1) is 13.1. The molecule has 0 saturated heterocycles. The van der Waals surface area contributed by atoms with Crippen molar-refractivity contribution in [2.45, 2.75) is 0 Å². The molecule has 112 valence electrons. The van der Waals surface area contributed by atoms with E-state index in [2.05, 4.69) is 41.2 Å². The van der Waals surface area contributed by atoms with Crippen LogP contribution in [0.4, 0.5) is 0 Å². The summed E-state index contributed by atoms with van der Waals surface area (Å²) in [5, 5.41) is 27.6. The van der Waals surface area contributed by atoms with Gasteiger partial charge in [0.05, 0.1) is 0 Å². The van der Waals surface area contributed by atoms with Crippen molar-refractivity contribution in [3.8, 4) is 34.3 Å². The fraction of sp³-hybridized carbons (Fsp3) is 0. The van der Waals surface area contributed by atoms with Gasteiger partial charge in [0.2, 0.25) is 11.6 Å². The highest BCUT2D eigenvalue weighted by molar-refractivity contribution is 5.57. The number of aromatic amines is 2. The second-order valence-corrected chi connectivity index (χ2v) is 4.62. The van der Waals surface area contributed by atoms with Crippen molar-refractivity contribution < 1.29 is 4.74 Å². The van der Waals surface area contributed by atoms with Gasteiger partial charge in [-0.25, -0.2) is 0 Å². The van der Waals surface area contributed by atoms with Gasteiger partial charge in [0.15, 0.2) is 0 Å². The number of hydrogen-bond donors (Lipinski definition) is 2. The zero-order valence-corrected chi connectivity index (χ0v) is 11.7. The first-order valence-corrected chi connectivity index (χ1v) is 6.74. The Kier molecular flexibility index (Phi) is 3.20. The normalized spacial score (nSPS) is 10.6. The van der Waals surface area contributed by atoms with Crippen LogP contribution in [-0.4, -0.2) is 41.2 Å². The van der Waals surface area contributed by atoms with E-state index in [4.69, 9.17) is 4.74 Å². The van der Waals surface area contributed by atoms with Crippen molar-refractivity contribution in [2.75, 3.05) is 0 Å². The molecule has 4 rings (SSSR count). The Balaban J connectivity index is 1.49. The Bertz CT molecular complexity index is 794. The highest BCUT2D eigenvalue weighted by atomic mass is 16.5. The molecule has 0 fully saturated rings. The average molecular weight is 306 g/mol. The zero-order valence-electron chi connectivity index (χ0n) is 11.7. The maximum Gasteiger partial charge on any atom is 0.204 e. The van der Waals surface area contributed by atoms with Crippen LogP contribution in [0.5, 0.6) is 11.5 Å². The molecule has 23 heavy (non-hydrogen) atoms. The van der Waals surface area contributed by atoms with Gasteiger partial charge in [-0.05, 0) is 59.0 Å². The molecule has 0 radical (unpaired) electrons. The van der Waals surface area contributed by atoms with E-state index >= 15 is 0 Å². The van der Waals surface area contributed by atoms with Gasteiger partial charge in [-0.3, -0.25) is 0 Å². The molecule has 9 nitrogen and oxygen atoms in total. The minimum atomic E-state index is 0.543. The molecule has 4 aromatic rings. The fourth-order valence-corrected chi connectivity index (χ4v) is 2.05. The third kappa shape index (κ3) is 2.75. The summed E-state index contributed by atoms with van der Waals surface area (Å²) in [4.78, 5) is 0. The number of aromatic nitrogens is 8. The van der Waals surface area contributed by atoms with Crippen molar-refractivity contribution in [3.05, 3.63) is 48.5 Å². The molecule has 2 aromatic heterocycles. The fourth-order valence-electron chi connectivity index (χ4n) is 2.05. The highest BCUT2D eigenvalue weighted by Gasteiger charge is 2.05. The number of ether oxygens (including phenoxy) is 1. The third-order valence-corrected chi connectivity index (χ3v) is 3.15. The Labute approximate surface area is 129 Å². The van der Waals surface area contributed by atoms with Gasteiger partial charge in [-0.15, -0.1) is 20.4 Å². The summed E-state index contributed by atoms with van der Waals surface area (Å²) in [5.41, 5.74) is 1.72. The number of nitrogens with zero attached hydrogens (tertiary/aromatic N) is 6. The first-order chi connectivity index (χ1) is 11.4. The molecule has 0 amide bonds. The number of hydrogen-bond acceptors (Lipinski definition) is 7. The molecule has 2 aromatic carbocycles. The summed E-state index contributed by atoms with van der Waals surface area (Å²) in [5.74, 6) is 2.51. The Morgan fingerprint density at radius 2 is 1.04 bits per heavy atom. The quantitative estimate of drug-likeness (QED) is 0.590. The monoisotopic (exact) mass is 306 g/mol. The molecule has 9 heteroatoms. The number of tetrazole rings is 2. The topological polar surface area (TPSA) is 118 Å². The second kappa shape index (κ2) is 5.64. The molecular formula is C14H10N8O. The van der Waals surface area contributed by atoms with Crippen LogP contribution < -0.4 is 4.74 Å². The summed E-state index contributed by atoms with van der Waals surface area (Å²) >= 11 is 0. The summed E-state index contributed by atoms with van der Waals surface area (Å²) in [6.45, 7) is 0. The van der Waals surface area contributed by atoms with Gasteiger partial charge in [0.1, 0.15) is 11.5 Å². The van der Waals surface area contributed by atoms with E-state index < -0.39 is 0 Å². The molecule has 0 aliphatic carbocycles. The standard InChI is InChI=1S/C14H10N8O/c1-5-11(6-2-9(1)13-15-19-20-16-13)23-12-7-3-10(4-8-12)14-17-21-22-18-14/h1-8H,(H,15,16,19,20)(H,17,18,21,22). The first-order valence-electron chi connectivity index (χ1n) is 6.74. The third-order valence-electron chi connectivity index (χ3n) is 3.15. The van der Waals surface area contributed by atoms with Crippen molar-refractivity contribution in [3.63, 3.8) is 0 Å². The minimum absolute atomic E-state index is 0.543. The van der Waals surface area contributed by atoms with E-state index in [1.54, 1.807) is 0 Å². The summed E-state index contributed by atoms with van der Waals surface area (Å²) in [6.07, 6.45) is 0. The number of rotatable bonds is 4. The molecule has 0 saturated carbocycles. The van der Waals surface area contributed by atoms with Crippen LogP contribution in [0.3, 0.4) is 0 Å². The average Bonchev–Trinajstić information content (AvgIpc) is 3.30. The van der Waals surface area contributed by atoms with Crippen molar-refractivity contribution in [1.29, 1.82) is 0 Å². The van der Waals surface area contributed by atoms with E-state index in [0.717, 1.165) is 11.1 Å². The molecule has 0 spiro atoms. The molecule has 0 aliphatic rings. The van der Waals surface area contributed by atoms with Crippen LogP contribution in [0.2, 0.25) is 0 Å². The van der Waals surface area contributed by atoms with E-state index in [-0.39, 0.29) is 0 Å². The summed E-state index contributed by atoms with van der Waals surface area (Å²) in [7, 11) is 0. The summed E-state index contributed by atoms with van der Waals surface area (Å²) in [6, 6.07) is 14.9. The maximum atomic E-state index is 5.79. The molecule has 2 N–H and O–H groups in total. The minimum Gasteiger partial charge on any atom is -0.457 e. The lowest BCUT2D eigenvalue weighted by Gasteiger charge is -2.06. The van der Waals surface area contributed by atoms with Gasteiger partial charge < -0.3 is 4.74 Å². The van der Waals surface area contributed by atoms with Crippen LogP contribution in [0.15, 0.2) is 48.5 Å². The van der Waals surface area contributed by atoms with Gasteiger partial charge in [-0.2, -0.15) is 10.4 Å². The molecule has 0 unspecified atom stereocenters. The molecular weight excluding hydrogens is 296 g/mol. The van der Waals surface area contributed by atoms with Crippen LogP contribution in [0, 0.1) is 0 Å². The van der Waals surface area contributed by atoms with E-state index in [0.29, 0.717) is 23.1 Å². The molecule has 0 bridgehead atoms. The Morgan fingerprint density at radius 3 is 1.39 bits per heavy atom. The van der Waals surface area contributed by atoms with Gasteiger partial charge in [-0.1, -0.05) is 0 Å². The zero-order chi connectivity index (χ0) is 15.5. The lowest BCUT2D eigenvalue weighted by atomic mass is 10.2. The Morgan fingerprint density at radius 1 is 0.609 bits per heavy atom.